The number of esters is 1. The van der Waals surface area contributed by atoms with Gasteiger partial charge in [0.05, 0.1) is 16.6 Å². The number of hydrogen-bond acceptors (Lipinski definition) is 3. The fourth-order valence-corrected chi connectivity index (χ4v) is 1.33. The molecular formula is C8H5Cl4NO3. The molecule has 0 aromatic heterocycles. The van der Waals surface area contributed by atoms with Crippen LogP contribution in [0.3, 0.4) is 0 Å². The molecule has 2 rings (SSSR count). The molecule has 0 unspecified atom stereocenters. The van der Waals surface area contributed by atoms with E-state index in [4.69, 9.17) is 46.4 Å². The zero-order chi connectivity index (χ0) is 12.3. The summed E-state index contributed by atoms with van der Waals surface area (Å²) in [7, 11) is 0. The van der Waals surface area contributed by atoms with Crippen LogP contribution in [0, 0.1) is 0 Å². The Balaban J connectivity index is 0.000000160. The minimum Gasteiger partial charge on any atom is -0.456 e. The second-order valence-electron chi connectivity index (χ2n) is 2.70. The van der Waals surface area contributed by atoms with Crippen LogP contribution in [0.1, 0.15) is 0 Å². The number of carbonyl (C=O) groups is 2. The number of hydrogen-bond donors (Lipinski definition) is 1. The van der Waals surface area contributed by atoms with Gasteiger partial charge in [-0.1, -0.05) is 46.4 Å². The van der Waals surface area contributed by atoms with Gasteiger partial charge < -0.3 is 10.1 Å². The summed E-state index contributed by atoms with van der Waals surface area (Å²) in [6.07, 6.45) is 0. The third kappa shape index (κ3) is 3.28. The lowest BCUT2D eigenvalue weighted by molar-refractivity contribution is -0.135. The largest absolute Gasteiger partial charge is 0.456 e. The Bertz CT molecular complexity index is 364. The minimum absolute atomic E-state index is 0.00617. The van der Waals surface area contributed by atoms with Gasteiger partial charge in [0.1, 0.15) is 16.7 Å². The van der Waals surface area contributed by atoms with E-state index in [-0.39, 0.29) is 27.6 Å². The standard InChI is InChI=1S/C4H3Cl2NO.C4H2Cl2O2/c5-2-1-7-4(8)3(2)6;5-2-1-8-4(7)3(2)6/h1H2,(H,7,8);1H2. The molecule has 0 aliphatic carbocycles. The van der Waals surface area contributed by atoms with Gasteiger partial charge in [-0.05, 0) is 0 Å². The first-order chi connectivity index (χ1) is 7.43. The summed E-state index contributed by atoms with van der Waals surface area (Å²) >= 11 is 21.4. The summed E-state index contributed by atoms with van der Waals surface area (Å²) in [5.74, 6) is -0.812. The van der Waals surface area contributed by atoms with Crippen LogP contribution >= 0.6 is 46.4 Å². The fraction of sp³-hybridized carbons (Fsp3) is 0.250. The van der Waals surface area contributed by atoms with Crippen molar-refractivity contribution in [2.75, 3.05) is 13.2 Å². The van der Waals surface area contributed by atoms with Crippen LogP contribution in [0.2, 0.25) is 0 Å². The average molecular weight is 305 g/mol. The molecule has 0 bridgehead atoms. The Hall–Kier alpha value is -0.420. The molecule has 2 heterocycles. The second kappa shape index (κ2) is 5.77. The molecule has 1 amide bonds. The van der Waals surface area contributed by atoms with E-state index in [1.54, 1.807) is 0 Å². The quantitative estimate of drug-likeness (QED) is 0.697. The predicted molar refractivity (Wildman–Crippen MR) is 61.4 cm³/mol. The van der Waals surface area contributed by atoms with Crippen molar-refractivity contribution in [2.45, 2.75) is 0 Å². The number of halogens is 4. The van der Waals surface area contributed by atoms with Crippen molar-refractivity contribution >= 4 is 58.3 Å². The number of amides is 1. The molecule has 8 heteroatoms. The monoisotopic (exact) mass is 303 g/mol. The van der Waals surface area contributed by atoms with E-state index in [0.717, 1.165) is 0 Å². The Labute approximate surface area is 111 Å². The molecular weight excluding hydrogens is 300 g/mol. The lowest BCUT2D eigenvalue weighted by Crippen LogP contribution is -2.15. The van der Waals surface area contributed by atoms with E-state index < -0.39 is 5.97 Å². The zero-order valence-electron chi connectivity index (χ0n) is 7.65. The molecule has 2 aliphatic heterocycles. The molecule has 0 aromatic carbocycles. The van der Waals surface area contributed by atoms with E-state index >= 15 is 0 Å². The third-order valence-electron chi connectivity index (χ3n) is 1.59. The Morgan fingerprint density at radius 2 is 1.62 bits per heavy atom. The molecule has 2 aliphatic rings. The molecule has 0 saturated heterocycles. The molecule has 0 atom stereocenters. The van der Waals surface area contributed by atoms with Crippen LogP contribution in [0.5, 0.6) is 0 Å². The van der Waals surface area contributed by atoms with E-state index in [2.05, 4.69) is 10.1 Å². The molecule has 16 heavy (non-hydrogen) atoms. The van der Waals surface area contributed by atoms with Gasteiger partial charge in [0.2, 0.25) is 0 Å². The fourth-order valence-electron chi connectivity index (χ4n) is 0.803. The van der Waals surface area contributed by atoms with E-state index in [1.165, 1.54) is 0 Å². The van der Waals surface area contributed by atoms with Crippen LogP contribution in [0.15, 0.2) is 20.1 Å². The maximum atomic E-state index is 10.4. The first-order valence-corrected chi connectivity index (χ1v) is 5.48. The van der Waals surface area contributed by atoms with Crippen molar-refractivity contribution in [3.63, 3.8) is 0 Å². The van der Waals surface area contributed by atoms with E-state index in [0.29, 0.717) is 11.6 Å². The number of ether oxygens (including phenoxy) is 1. The lowest BCUT2D eigenvalue weighted by atomic mass is 10.6. The Morgan fingerprint density at radius 3 is 1.75 bits per heavy atom. The molecule has 0 spiro atoms. The normalized spacial score (nSPS) is 19.5. The van der Waals surface area contributed by atoms with Gasteiger partial charge in [-0.15, -0.1) is 0 Å². The molecule has 4 nitrogen and oxygen atoms in total. The first-order valence-electron chi connectivity index (χ1n) is 3.97. The van der Waals surface area contributed by atoms with Crippen LogP contribution in [-0.4, -0.2) is 25.0 Å². The Morgan fingerprint density at radius 1 is 1.00 bits per heavy atom. The van der Waals surface area contributed by atoms with Crippen molar-refractivity contribution in [2.24, 2.45) is 0 Å². The zero-order valence-corrected chi connectivity index (χ0v) is 10.7. The molecule has 0 aromatic rings. The third-order valence-corrected chi connectivity index (χ3v) is 3.19. The van der Waals surface area contributed by atoms with Crippen LogP contribution < -0.4 is 5.32 Å². The maximum Gasteiger partial charge on any atom is 0.351 e. The van der Waals surface area contributed by atoms with Crippen LogP contribution in [0.25, 0.3) is 0 Å². The topological polar surface area (TPSA) is 55.4 Å². The van der Waals surface area contributed by atoms with Crippen molar-refractivity contribution < 1.29 is 14.3 Å². The molecule has 0 radical (unpaired) electrons. The Kier molecular flexibility index (Phi) is 4.92. The van der Waals surface area contributed by atoms with E-state index in [1.807, 2.05) is 0 Å². The summed E-state index contributed by atoms with van der Waals surface area (Å²) in [5.41, 5.74) is 0. The number of nitrogens with one attached hydrogen (secondary N) is 1. The first kappa shape index (κ1) is 13.6. The molecule has 0 fully saturated rings. The summed E-state index contributed by atoms with van der Waals surface area (Å²) in [6.45, 7) is 0.498. The highest BCUT2D eigenvalue weighted by Crippen LogP contribution is 2.21. The highest BCUT2D eigenvalue weighted by molar-refractivity contribution is 6.49. The number of cyclic esters (lactones) is 1. The van der Waals surface area contributed by atoms with Gasteiger partial charge in [-0.3, -0.25) is 4.79 Å². The highest BCUT2D eigenvalue weighted by atomic mass is 35.5. The minimum atomic E-state index is -0.531. The van der Waals surface area contributed by atoms with Crippen LogP contribution in [-0.2, 0) is 14.3 Å². The van der Waals surface area contributed by atoms with Gasteiger partial charge in [-0.25, -0.2) is 4.79 Å². The summed E-state index contributed by atoms with van der Waals surface area (Å²) < 4.78 is 4.40. The summed E-state index contributed by atoms with van der Waals surface area (Å²) in [6, 6.07) is 0. The molecule has 88 valence electrons. The van der Waals surface area contributed by atoms with E-state index in [9.17, 15) is 9.59 Å². The van der Waals surface area contributed by atoms with Gasteiger partial charge in [0.25, 0.3) is 5.91 Å². The molecule has 0 saturated carbocycles. The van der Waals surface area contributed by atoms with Gasteiger partial charge >= 0.3 is 5.97 Å². The van der Waals surface area contributed by atoms with Gasteiger partial charge in [0, 0.05) is 0 Å². The maximum absolute atomic E-state index is 10.4. The predicted octanol–water partition coefficient (Wildman–Crippen LogP) is 2.04. The summed E-state index contributed by atoms with van der Waals surface area (Å²) in [5, 5.41) is 3.25. The number of rotatable bonds is 0. The lowest BCUT2D eigenvalue weighted by Gasteiger charge is -1.84. The van der Waals surface area contributed by atoms with Gasteiger partial charge in [0.15, 0.2) is 0 Å². The van der Waals surface area contributed by atoms with Crippen molar-refractivity contribution in [1.29, 1.82) is 0 Å². The average Bonchev–Trinajstić information content (AvgIpc) is 2.70. The highest BCUT2D eigenvalue weighted by Gasteiger charge is 2.20. The van der Waals surface area contributed by atoms with Gasteiger partial charge in [-0.2, -0.15) is 0 Å². The van der Waals surface area contributed by atoms with Crippen molar-refractivity contribution in [3.8, 4) is 0 Å². The second-order valence-corrected chi connectivity index (χ2v) is 4.36. The van der Waals surface area contributed by atoms with Crippen molar-refractivity contribution in [1.82, 2.24) is 5.32 Å². The SMILES string of the molecule is O=C1NCC(Cl)=C1Cl.O=C1OCC(Cl)=C1Cl. The number of carbonyl (C=O) groups excluding carboxylic acids is 2. The smallest absolute Gasteiger partial charge is 0.351 e. The molecule has 1 N–H and O–H groups in total. The van der Waals surface area contributed by atoms with Crippen molar-refractivity contribution in [3.05, 3.63) is 20.1 Å². The van der Waals surface area contributed by atoms with Crippen LogP contribution in [0.4, 0.5) is 0 Å². The summed E-state index contributed by atoms with van der Waals surface area (Å²) in [4.78, 5) is 20.7.